The van der Waals surface area contributed by atoms with Crippen LogP contribution in [0.1, 0.15) is 37.8 Å². The average Bonchev–Trinajstić information content (AvgIpc) is 3.48. The Morgan fingerprint density at radius 3 is 2.81 bits per heavy atom. The van der Waals surface area contributed by atoms with Gasteiger partial charge in [-0.1, -0.05) is 37.3 Å². The molecule has 0 spiro atoms. The SMILES string of the molecule is CCc1ccccc1NC(=O)CC1C(=O)N(CC2CCCO2)c2nc3ccccc3n21. The van der Waals surface area contributed by atoms with E-state index >= 15 is 0 Å². The summed E-state index contributed by atoms with van der Waals surface area (Å²) in [6, 6.07) is 14.9. The van der Waals surface area contributed by atoms with Crippen molar-refractivity contribution in [3.8, 4) is 0 Å². The lowest BCUT2D eigenvalue weighted by atomic mass is 10.1. The number of aromatic nitrogens is 2. The number of fused-ring (bicyclic) bond motifs is 3. The summed E-state index contributed by atoms with van der Waals surface area (Å²) in [5.74, 6) is 0.332. The number of rotatable bonds is 6. The fraction of sp³-hybridized carbons (Fsp3) is 0.375. The molecule has 1 N–H and O–H groups in total. The Hall–Kier alpha value is -3.19. The molecule has 2 aromatic carbocycles. The highest BCUT2D eigenvalue weighted by Gasteiger charge is 2.42. The molecule has 7 heteroatoms. The molecule has 1 saturated heterocycles. The van der Waals surface area contributed by atoms with Gasteiger partial charge >= 0.3 is 0 Å². The van der Waals surface area contributed by atoms with Crippen LogP contribution in [-0.4, -0.2) is 40.6 Å². The van der Waals surface area contributed by atoms with E-state index in [4.69, 9.17) is 9.72 Å². The third-order valence-corrected chi connectivity index (χ3v) is 6.14. The molecule has 3 heterocycles. The van der Waals surface area contributed by atoms with E-state index in [0.717, 1.165) is 48.2 Å². The first-order valence-electron chi connectivity index (χ1n) is 10.9. The van der Waals surface area contributed by atoms with E-state index < -0.39 is 6.04 Å². The summed E-state index contributed by atoms with van der Waals surface area (Å²) in [4.78, 5) is 32.8. The second kappa shape index (κ2) is 8.15. The first-order valence-corrected chi connectivity index (χ1v) is 10.9. The van der Waals surface area contributed by atoms with E-state index in [1.807, 2.05) is 53.1 Å². The zero-order chi connectivity index (χ0) is 21.4. The Balaban J connectivity index is 1.44. The fourth-order valence-electron chi connectivity index (χ4n) is 4.59. The van der Waals surface area contributed by atoms with Crippen molar-refractivity contribution >= 4 is 34.5 Å². The summed E-state index contributed by atoms with van der Waals surface area (Å²) >= 11 is 0. The van der Waals surface area contributed by atoms with Crippen LogP contribution in [0.5, 0.6) is 0 Å². The lowest BCUT2D eigenvalue weighted by Crippen LogP contribution is -2.37. The summed E-state index contributed by atoms with van der Waals surface area (Å²) in [5.41, 5.74) is 3.56. The minimum absolute atomic E-state index is 0.0150. The minimum Gasteiger partial charge on any atom is -0.376 e. The van der Waals surface area contributed by atoms with Crippen LogP contribution >= 0.6 is 0 Å². The minimum atomic E-state index is -0.613. The van der Waals surface area contributed by atoms with Crippen LogP contribution in [0, 0.1) is 0 Å². The molecule has 0 radical (unpaired) electrons. The number of nitrogens with zero attached hydrogens (tertiary/aromatic N) is 3. The maximum atomic E-state index is 13.4. The number of hydrogen-bond donors (Lipinski definition) is 1. The largest absolute Gasteiger partial charge is 0.376 e. The Morgan fingerprint density at radius 2 is 2.00 bits per heavy atom. The van der Waals surface area contributed by atoms with Crippen molar-refractivity contribution in [2.75, 3.05) is 23.4 Å². The van der Waals surface area contributed by atoms with Crippen molar-refractivity contribution in [3.63, 3.8) is 0 Å². The summed E-state index contributed by atoms with van der Waals surface area (Å²) in [6.45, 7) is 3.25. The predicted octanol–water partition coefficient (Wildman–Crippen LogP) is 3.69. The second-order valence-corrected chi connectivity index (χ2v) is 8.13. The third-order valence-electron chi connectivity index (χ3n) is 6.14. The number of carbonyl (C=O) groups excluding carboxylic acids is 2. The number of benzene rings is 2. The van der Waals surface area contributed by atoms with Crippen molar-refractivity contribution in [2.45, 2.75) is 44.8 Å². The van der Waals surface area contributed by atoms with Crippen molar-refractivity contribution < 1.29 is 14.3 Å². The molecule has 0 aliphatic carbocycles. The number of imidazole rings is 1. The quantitative estimate of drug-likeness (QED) is 0.662. The van der Waals surface area contributed by atoms with Crippen LogP contribution in [0.2, 0.25) is 0 Å². The third kappa shape index (κ3) is 3.59. The van der Waals surface area contributed by atoms with Gasteiger partial charge in [0.15, 0.2) is 0 Å². The summed E-state index contributed by atoms with van der Waals surface area (Å²) in [5, 5.41) is 3.00. The number of anilines is 2. The average molecular weight is 418 g/mol. The van der Waals surface area contributed by atoms with E-state index in [-0.39, 0.29) is 24.3 Å². The van der Waals surface area contributed by atoms with E-state index in [1.54, 1.807) is 4.90 Å². The molecule has 2 unspecified atom stereocenters. The predicted molar refractivity (Wildman–Crippen MR) is 119 cm³/mol. The van der Waals surface area contributed by atoms with Crippen LogP contribution in [0.25, 0.3) is 11.0 Å². The fourth-order valence-corrected chi connectivity index (χ4v) is 4.59. The molecule has 5 rings (SSSR count). The van der Waals surface area contributed by atoms with Gasteiger partial charge in [-0.25, -0.2) is 4.98 Å². The highest BCUT2D eigenvalue weighted by Crippen LogP contribution is 2.37. The van der Waals surface area contributed by atoms with Crippen molar-refractivity contribution in [2.24, 2.45) is 0 Å². The summed E-state index contributed by atoms with van der Waals surface area (Å²) < 4.78 is 7.68. The van der Waals surface area contributed by atoms with Gasteiger partial charge in [0.2, 0.25) is 11.9 Å². The Bertz CT molecular complexity index is 1130. The maximum Gasteiger partial charge on any atom is 0.253 e. The van der Waals surface area contributed by atoms with Gasteiger partial charge in [0.25, 0.3) is 5.91 Å². The standard InChI is InChI=1S/C24H26N4O3/c1-2-16-8-3-4-10-18(16)25-22(29)14-21-23(30)27(15-17-9-7-13-31-17)24-26-19-11-5-6-12-20(19)28(21)24/h3-6,8,10-12,17,21H,2,7,9,13-15H2,1H3,(H,25,29). The molecule has 7 nitrogen and oxygen atoms in total. The van der Waals surface area contributed by atoms with Gasteiger partial charge < -0.3 is 10.1 Å². The van der Waals surface area contributed by atoms with Crippen LogP contribution in [0.3, 0.4) is 0 Å². The van der Waals surface area contributed by atoms with Crippen LogP contribution in [-0.2, 0) is 20.7 Å². The van der Waals surface area contributed by atoms with Gasteiger partial charge in [-0.05, 0) is 43.0 Å². The smallest absolute Gasteiger partial charge is 0.253 e. The topological polar surface area (TPSA) is 76.5 Å². The second-order valence-electron chi connectivity index (χ2n) is 8.13. The molecule has 2 atom stereocenters. The zero-order valence-electron chi connectivity index (χ0n) is 17.6. The van der Waals surface area contributed by atoms with Gasteiger partial charge in [-0.2, -0.15) is 0 Å². The number of amides is 2. The highest BCUT2D eigenvalue weighted by molar-refractivity contribution is 6.05. The summed E-state index contributed by atoms with van der Waals surface area (Å²) in [7, 11) is 0. The van der Waals surface area contributed by atoms with Gasteiger partial charge in [0.1, 0.15) is 6.04 Å². The number of carbonyl (C=O) groups is 2. The number of hydrogen-bond acceptors (Lipinski definition) is 4. The monoisotopic (exact) mass is 418 g/mol. The van der Waals surface area contributed by atoms with E-state index in [1.165, 1.54) is 0 Å². The molecule has 0 bridgehead atoms. The molecule has 2 amide bonds. The van der Waals surface area contributed by atoms with Gasteiger partial charge in [-0.15, -0.1) is 0 Å². The Labute approximate surface area is 181 Å². The number of nitrogens with one attached hydrogen (secondary N) is 1. The highest BCUT2D eigenvalue weighted by atomic mass is 16.5. The van der Waals surface area contributed by atoms with Gasteiger partial charge in [0, 0.05) is 12.3 Å². The molecule has 1 aromatic heterocycles. The van der Waals surface area contributed by atoms with Crippen LogP contribution in [0.15, 0.2) is 48.5 Å². The Morgan fingerprint density at radius 1 is 1.19 bits per heavy atom. The van der Waals surface area contributed by atoms with Gasteiger partial charge in [-0.3, -0.25) is 19.1 Å². The van der Waals surface area contributed by atoms with Crippen LogP contribution < -0.4 is 10.2 Å². The number of aryl methyl sites for hydroxylation is 1. The molecule has 0 saturated carbocycles. The van der Waals surface area contributed by atoms with E-state index in [2.05, 4.69) is 12.2 Å². The summed E-state index contributed by atoms with van der Waals surface area (Å²) in [6.07, 6.45) is 2.84. The Kier molecular flexibility index (Phi) is 5.19. The van der Waals surface area contributed by atoms with E-state index in [0.29, 0.717) is 12.5 Å². The lowest BCUT2D eigenvalue weighted by molar-refractivity contribution is -0.124. The molecular formula is C24H26N4O3. The van der Waals surface area contributed by atoms with Crippen molar-refractivity contribution in [3.05, 3.63) is 54.1 Å². The molecule has 2 aliphatic heterocycles. The normalized spacial score (nSPS) is 20.4. The van der Waals surface area contributed by atoms with Crippen molar-refractivity contribution in [1.82, 2.24) is 9.55 Å². The van der Waals surface area contributed by atoms with Crippen LogP contribution in [0.4, 0.5) is 11.6 Å². The molecule has 3 aromatic rings. The number of ether oxygens (including phenoxy) is 1. The first-order chi connectivity index (χ1) is 15.2. The zero-order valence-corrected chi connectivity index (χ0v) is 17.6. The molecular weight excluding hydrogens is 392 g/mol. The molecule has 1 fully saturated rings. The molecule has 2 aliphatic rings. The first kappa shape index (κ1) is 19.8. The maximum absolute atomic E-state index is 13.4. The lowest BCUT2D eigenvalue weighted by Gasteiger charge is -2.19. The molecule has 160 valence electrons. The van der Waals surface area contributed by atoms with Crippen molar-refractivity contribution in [1.29, 1.82) is 0 Å². The van der Waals surface area contributed by atoms with E-state index in [9.17, 15) is 9.59 Å². The molecule has 31 heavy (non-hydrogen) atoms. The van der Waals surface area contributed by atoms with Gasteiger partial charge in [0.05, 0.1) is 30.1 Å². The number of para-hydroxylation sites is 3.